The van der Waals surface area contributed by atoms with Gasteiger partial charge in [0.1, 0.15) is 0 Å². The number of fused-ring (bicyclic) bond motifs is 1. The lowest BCUT2D eigenvalue weighted by Gasteiger charge is -2.25. The molecule has 0 radical (unpaired) electrons. The van der Waals surface area contributed by atoms with Gasteiger partial charge in [0.15, 0.2) is 0 Å². The smallest absolute Gasteiger partial charge is 0.0503 e. The van der Waals surface area contributed by atoms with E-state index in [1.54, 1.807) is 0 Å². The Labute approximate surface area is 107 Å². The summed E-state index contributed by atoms with van der Waals surface area (Å²) in [5, 5.41) is 8.18. The number of pyridine rings is 1. The van der Waals surface area contributed by atoms with Gasteiger partial charge in [-0.25, -0.2) is 0 Å². The molecule has 18 heavy (non-hydrogen) atoms. The van der Waals surface area contributed by atoms with Crippen LogP contribution in [0, 0.1) is 12.3 Å². The first-order valence-electron chi connectivity index (χ1n) is 6.33. The van der Waals surface area contributed by atoms with E-state index in [0.717, 1.165) is 35.5 Å². The van der Waals surface area contributed by atoms with Gasteiger partial charge >= 0.3 is 0 Å². The Balaban J connectivity index is 1.98. The summed E-state index contributed by atoms with van der Waals surface area (Å²) in [5.41, 5.74) is 5.19. The van der Waals surface area contributed by atoms with Crippen molar-refractivity contribution in [2.24, 2.45) is 0 Å². The van der Waals surface area contributed by atoms with E-state index in [9.17, 15) is 0 Å². The molecular weight excluding hydrogens is 220 g/mol. The SMILES string of the molecule is Cc1ccc2c(n1)CC(c1ccccc1)CC2=N. The molecular formula is C16H16N2. The van der Waals surface area contributed by atoms with Crippen molar-refractivity contribution >= 4 is 5.71 Å². The molecule has 2 nitrogen and oxygen atoms in total. The van der Waals surface area contributed by atoms with Crippen molar-refractivity contribution in [3.05, 3.63) is 65.0 Å². The van der Waals surface area contributed by atoms with Gasteiger partial charge in [0.25, 0.3) is 0 Å². The molecule has 1 N–H and O–H groups in total. The normalized spacial score (nSPS) is 18.5. The van der Waals surface area contributed by atoms with Crippen molar-refractivity contribution in [2.45, 2.75) is 25.7 Å². The molecule has 2 heteroatoms. The largest absolute Gasteiger partial charge is 0.305 e. The zero-order chi connectivity index (χ0) is 12.5. The fourth-order valence-corrected chi connectivity index (χ4v) is 2.66. The third kappa shape index (κ3) is 1.94. The molecule has 3 rings (SSSR count). The minimum atomic E-state index is 0.403. The van der Waals surface area contributed by atoms with Crippen LogP contribution < -0.4 is 0 Å². The minimum absolute atomic E-state index is 0.403. The predicted molar refractivity (Wildman–Crippen MR) is 73.3 cm³/mol. The monoisotopic (exact) mass is 236 g/mol. The topological polar surface area (TPSA) is 36.7 Å². The van der Waals surface area contributed by atoms with Crippen LogP contribution in [0.5, 0.6) is 0 Å². The summed E-state index contributed by atoms with van der Waals surface area (Å²) in [6.07, 6.45) is 1.77. The molecule has 2 aromatic rings. The second-order valence-electron chi connectivity index (χ2n) is 4.94. The lowest BCUT2D eigenvalue weighted by atomic mass is 9.81. The highest BCUT2D eigenvalue weighted by Crippen LogP contribution is 2.31. The molecule has 1 aliphatic carbocycles. The van der Waals surface area contributed by atoms with Gasteiger partial charge in [-0.1, -0.05) is 30.3 Å². The molecule has 1 aliphatic rings. The lowest BCUT2D eigenvalue weighted by Crippen LogP contribution is -2.20. The van der Waals surface area contributed by atoms with E-state index in [1.165, 1.54) is 5.56 Å². The van der Waals surface area contributed by atoms with Gasteiger partial charge in [0, 0.05) is 17.0 Å². The van der Waals surface area contributed by atoms with Crippen LogP contribution in [0.15, 0.2) is 42.5 Å². The second kappa shape index (κ2) is 4.37. The third-order valence-electron chi connectivity index (χ3n) is 3.60. The van der Waals surface area contributed by atoms with Gasteiger partial charge in [-0.05, 0) is 43.4 Å². The van der Waals surface area contributed by atoms with E-state index in [4.69, 9.17) is 5.41 Å². The van der Waals surface area contributed by atoms with Crippen molar-refractivity contribution in [3.8, 4) is 0 Å². The van der Waals surface area contributed by atoms with Crippen molar-refractivity contribution in [2.75, 3.05) is 0 Å². The highest BCUT2D eigenvalue weighted by Gasteiger charge is 2.24. The maximum atomic E-state index is 8.18. The molecule has 0 spiro atoms. The molecule has 1 aromatic carbocycles. The minimum Gasteiger partial charge on any atom is -0.305 e. The number of aryl methyl sites for hydroxylation is 1. The molecule has 1 aromatic heterocycles. The molecule has 0 bridgehead atoms. The molecule has 0 saturated carbocycles. The molecule has 1 atom stereocenters. The van der Waals surface area contributed by atoms with Crippen molar-refractivity contribution in [3.63, 3.8) is 0 Å². The average molecular weight is 236 g/mol. The van der Waals surface area contributed by atoms with Crippen molar-refractivity contribution < 1.29 is 0 Å². The number of hydrogen-bond donors (Lipinski definition) is 1. The van der Waals surface area contributed by atoms with Crippen LogP contribution in [0.1, 0.15) is 34.9 Å². The van der Waals surface area contributed by atoms with Crippen LogP contribution in [0.4, 0.5) is 0 Å². The number of nitrogens with zero attached hydrogens (tertiary/aromatic N) is 1. The standard InChI is InChI=1S/C16H16N2/c1-11-7-8-14-15(17)9-13(10-16(14)18-11)12-5-3-2-4-6-12/h2-8,13,17H,9-10H2,1H3. The Kier molecular flexibility index (Phi) is 2.71. The van der Waals surface area contributed by atoms with E-state index in [-0.39, 0.29) is 0 Å². The summed E-state index contributed by atoms with van der Waals surface area (Å²) in [5.74, 6) is 0.403. The number of hydrogen-bond acceptors (Lipinski definition) is 2. The van der Waals surface area contributed by atoms with Gasteiger partial charge in [-0.2, -0.15) is 0 Å². The van der Waals surface area contributed by atoms with Crippen LogP contribution >= 0.6 is 0 Å². The Morgan fingerprint density at radius 3 is 2.61 bits per heavy atom. The maximum Gasteiger partial charge on any atom is 0.0503 e. The molecule has 1 heterocycles. The van der Waals surface area contributed by atoms with E-state index in [2.05, 4.69) is 29.2 Å². The van der Waals surface area contributed by atoms with Crippen LogP contribution in [0.3, 0.4) is 0 Å². The number of aromatic nitrogens is 1. The number of benzene rings is 1. The first-order chi connectivity index (χ1) is 8.74. The van der Waals surface area contributed by atoms with Gasteiger partial charge in [-0.15, -0.1) is 0 Å². The third-order valence-corrected chi connectivity index (χ3v) is 3.60. The second-order valence-corrected chi connectivity index (χ2v) is 4.94. The highest BCUT2D eigenvalue weighted by molar-refractivity contribution is 6.00. The Bertz CT molecular complexity index is 587. The maximum absolute atomic E-state index is 8.18. The van der Waals surface area contributed by atoms with E-state index < -0.39 is 0 Å². The molecule has 0 aliphatic heterocycles. The molecule has 1 unspecified atom stereocenters. The van der Waals surface area contributed by atoms with Gasteiger partial charge in [0.05, 0.1) is 5.69 Å². The summed E-state index contributed by atoms with van der Waals surface area (Å²) < 4.78 is 0. The van der Waals surface area contributed by atoms with E-state index in [0.29, 0.717) is 5.92 Å². The molecule has 90 valence electrons. The Morgan fingerprint density at radius 1 is 1.06 bits per heavy atom. The first kappa shape index (κ1) is 11.1. The quantitative estimate of drug-likeness (QED) is 0.808. The molecule has 0 amide bonds. The Morgan fingerprint density at radius 2 is 1.83 bits per heavy atom. The fourth-order valence-electron chi connectivity index (χ4n) is 2.66. The van der Waals surface area contributed by atoms with Crippen LogP contribution in [0.25, 0.3) is 0 Å². The first-order valence-corrected chi connectivity index (χ1v) is 6.33. The van der Waals surface area contributed by atoms with Crippen molar-refractivity contribution in [1.82, 2.24) is 4.98 Å². The summed E-state index contributed by atoms with van der Waals surface area (Å²) in [6, 6.07) is 14.5. The average Bonchev–Trinajstić information content (AvgIpc) is 2.39. The molecule has 0 saturated heterocycles. The fraction of sp³-hybridized carbons (Fsp3) is 0.250. The van der Waals surface area contributed by atoms with E-state index >= 15 is 0 Å². The zero-order valence-electron chi connectivity index (χ0n) is 10.5. The summed E-state index contributed by atoms with van der Waals surface area (Å²) in [7, 11) is 0. The van der Waals surface area contributed by atoms with Crippen LogP contribution in [0.2, 0.25) is 0 Å². The number of nitrogens with one attached hydrogen (secondary N) is 1. The summed E-state index contributed by atoms with van der Waals surface area (Å²) in [6.45, 7) is 2.01. The molecule has 0 fully saturated rings. The van der Waals surface area contributed by atoms with Crippen molar-refractivity contribution in [1.29, 1.82) is 5.41 Å². The lowest BCUT2D eigenvalue weighted by molar-refractivity contribution is 0.676. The summed E-state index contributed by atoms with van der Waals surface area (Å²) in [4.78, 5) is 4.60. The van der Waals surface area contributed by atoms with Gasteiger partial charge < -0.3 is 5.41 Å². The predicted octanol–water partition coefficient (Wildman–Crippen LogP) is 3.49. The van der Waals surface area contributed by atoms with Gasteiger partial charge in [0.2, 0.25) is 0 Å². The number of rotatable bonds is 1. The van der Waals surface area contributed by atoms with E-state index in [1.807, 2.05) is 25.1 Å². The summed E-state index contributed by atoms with van der Waals surface area (Å²) >= 11 is 0. The van der Waals surface area contributed by atoms with Gasteiger partial charge in [-0.3, -0.25) is 4.98 Å². The zero-order valence-corrected chi connectivity index (χ0v) is 10.5. The highest BCUT2D eigenvalue weighted by atomic mass is 14.7. The Hall–Kier alpha value is -1.96. The van der Waals surface area contributed by atoms with Crippen LogP contribution in [-0.2, 0) is 6.42 Å². The van der Waals surface area contributed by atoms with Crippen LogP contribution in [-0.4, -0.2) is 10.7 Å².